The van der Waals surface area contributed by atoms with Crippen LogP contribution in [0.3, 0.4) is 0 Å². The molecule has 4 rings (SSSR count). The molecule has 0 unspecified atom stereocenters. The molecule has 0 spiro atoms. The Kier molecular flexibility index (Phi) is 4.76. The molecule has 0 saturated carbocycles. The Balaban J connectivity index is 1.74. The fourth-order valence-corrected chi connectivity index (χ4v) is 3.90. The minimum Gasteiger partial charge on any atom is -0.375 e. The second-order valence-electron chi connectivity index (χ2n) is 7.26. The van der Waals surface area contributed by atoms with Crippen LogP contribution in [0.5, 0.6) is 0 Å². The number of carbonyl (C=O) groups is 2. The van der Waals surface area contributed by atoms with Crippen LogP contribution in [-0.2, 0) is 16.9 Å². The van der Waals surface area contributed by atoms with Gasteiger partial charge in [-0.3, -0.25) is 9.59 Å². The van der Waals surface area contributed by atoms with E-state index in [0.717, 1.165) is 0 Å². The van der Waals surface area contributed by atoms with Crippen LogP contribution in [0.4, 0.5) is 10.1 Å². The average Bonchev–Trinajstić information content (AvgIpc) is 2.96. The van der Waals surface area contributed by atoms with Gasteiger partial charge in [-0.1, -0.05) is 67.6 Å². The van der Waals surface area contributed by atoms with E-state index in [4.69, 9.17) is 0 Å². The van der Waals surface area contributed by atoms with Gasteiger partial charge in [-0.2, -0.15) is 0 Å². The fourth-order valence-electron chi connectivity index (χ4n) is 3.90. The van der Waals surface area contributed by atoms with Crippen molar-refractivity contribution in [1.82, 2.24) is 0 Å². The number of hydrogen-bond acceptors (Lipinski definition) is 3. The van der Waals surface area contributed by atoms with Crippen LogP contribution in [0.2, 0.25) is 0 Å². The SMILES string of the molecule is C[C@H](C(=O)c1ccccc1)[C@@]1(O)C(=O)N(Cc2cccc(F)c2)c2ccccc21. The average molecular weight is 389 g/mol. The van der Waals surface area contributed by atoms with E-state index in [1.54, 1.807) is 73.7 Å². The van der Waals surface area contributed by atoms with Crippen LogP contribution in [-0.4, -0.2) is 16.8 Å². The third kappa shape index (κ3) is 3.13. The van der Waals surface area contributed by atoms with Crippen molar-refractivity contribution in [2.45, 2.75) is 19.1 Å². The summed E-state index contributed by atoms with van der Waals surface area (Å²) in [7, 11) is 0. The second-order valence-corrected chi connectivity index (χ2v) is 7.26. The van der Waals surface area contributed by atoms with E-state index < -0.39 is 23.2 Å². The Morgan fingerprint density at radius 2 is 1.72 bits per heavy atom. The van der Waals surface area contributed by atoms with Crippen molar-refractivity contribution >= 4 is 17.4 Å². The summed E-state index contributed by atoms with van der Waals surface area (Å²) in [5.74, 6) is -2.29. The number of ketones is 1. The molecule has 0 saturated heterocycles. The van der Waals surface area contributed by atoms with Crippen LogP contribution in [0.25, 0.3) is 0 Å². The summed E-state index contributed by atoms with van der Waals surface area (Å²) in [6, 6.07) is 21.5. The Hall–Kier alpha value is -3.31. The van der Waals surface area contributed by atoms with Crippen LogP contribution < -0.4 is 4.90 Å². The zero-order valence-electron chi connectivity index (χ0n) is 15.9. The van der Waals surface area contributed by atoms with Crippen LogP contribution in [0.15, 0.2) is 78.9 Å². The molecule has 1 amide bonds. The van der Waals surface area contributed by atoms with E-state index >= 15 is 0 Å². The van der Waals surface area contributed by atoms with Gasteiger partial charge < -0.3 is 10.0 Å². The number of halogens is 1. The zero-order valence-corrected chi connectivity index (χ0v) is 15.9. The van der Waals surface area contributed by atoms with Gasteiger partial charge in [-0.25, -0.2) is 4.39 Å². The van der Waals surface area contributed by atoms with Crippen LogP contribution >= 0.6 is 0 Å². The monoisotopic (exact) mass is 389 g/mol. The van der Waals surface area contributed by atoms with Gasteiger partial charge in [0.25, 0.3) is 5.91 Å². The first kappa shape index (κ1) is 19.0. The van der Waals surface area contributed by atoms with Crippen LogP contribution in [0, 0.1) is 11.7 Å². The molecule has 1 N–H and O–H groups in total. The third-order valence-corrected chi connectivity index (χ3v) is 5.48. The van der Waals surface area contributed by atoms with Crippen molar-refractivity contribution in [2.24, 2.45) is 5.92 Å². The number of para-hydroxylation sites is 1. The number of Topliss-reactive ketones (excluding diaryl/α,β-unsaturated/α-hetero) is 1. The standard InChI is InChI=1S/C24H20FNO3/c1-16(22(27)18-9-3-2-4-10-18)24(29)20-12-5-6-13-21(20)26(23(24)28)15-17-8-7-11-19(25)14-17/h2-14,16,29H,15H2,1H3/t16-,24+/m1/s1. The predicted molar refractivity (Wildman–Crippen MR) is 108 cm³/mol. The maximum atomic E-state index is 13.6. The number of fused-ring (bicyclic) bond motifs is 1. The summed E-state index contributed by atoms with van der Waals surface area (Å²) in [5, 5.41) is 11.5. The summed E-state index contributed by atoms with van der Waals surface area (Å²) < 4.78 is 13.6. The Labute approximate surface area is 168 Å². The lowest BCUT2D eigenvalue weighted by Crippen LogP contribution is -2.47. The van der Waals surface area contributed by atoms with E-state index in [0.29, 0.717) is 22.4 Å². The number of amides is 1. The molecule has 2 atom stereocenters. The van der Waals surface area contributed by atoms with Crippen molar-refractivity contribution in [3.63, 3.8) is 0 Å². The molecule has 0 radical (unpaired) electrons. The molecule has 5 heteroatoms. The van der Waals surface area contributed by atoms with Gasteiger partial charge in [-0.05, 0) is 23.8 Å². The third-order valence-electron chi connectivity index (χ3n) is 5.48. The molecular formula is C24H20FNO3. The first-order valence-electron chi connectivity index (χ1n) is 9.40. The van der Waals surface area contributed by atoms with Gasteiger partial charge >= 0.3 is 0 Å². The van der Waals surface area contributed by atoms with Crippen molar-refractivity contribution in [1.29, 1.82) is 0 Å². The van der Waals surface area contributed by atoms with E-state index in [1.165, 1.54) is 17.0 Å². The number of aliphatic hydroxyl groups is 1. The first-order chi connectivity index (χ1) is 13.9. The highest BCUT2D eigenvalue weighted by Gasteiger charge is 2.55. The molecule has 0 fully saturated rings. The molecule has 0 bridgehead atoms. The highest BCUT2D eigenvalue weighted by molar-refractivity contribution is 6.11. The van der Waals surface area contributed by atoms with Gasteiger partial charge in [0, 0.05) is 11.1 Å². The highest BCUT2D eigenvalue weighted by Crippen LogP contribution is 2.46. The van der Waals surface area contributed by atoms with Crippen molar-refractivity contribution in [3.05, 3.63) is 101 Å². The van der Waals surface area contributed by atoms with Crippen molar-refractivity contribution in [2.75, 3.05) is 4.90 Å². The van der Waals surface area contributed by atoms with Crippen LogP contribution in [0.1, 0.15) is 28.4 Å². The summed E-state index contributed by atoms with van der Waals surface area (Å²) in [6.07, 6.45) is 0. The highest BCUT2D eigenvalue weighted by atomic mass is 19.1. The van der Waals surface area contributed by atoms with E-state index in [1.807, 2.05) is 0 Å². The first-order valence-corrected chi connectivity index (χ1v) is 9.40. The van der Waals surface area contributed by atoms with E-state index in [-0.39, 0.29) is 12.3 Å². The maximum absolute atomic E-state index is 13.6. The number of rotatable bonds is 5. The Morgan fingerprint density at radius 3 is 2.45 bits per heavy atom. The molecule has 146 valence electrons. The van der Waals surface area contributed by atoms with Crippen molar-refractivity contribution < 1.29 is 19.1 Å². The summed E-state index contributed by atoms with van der Waals surface area (Å²) in [4.78, 5) is 27.8. The number of carbonyl (C=O) groups excluding carboxylic acids is 2. The molecule has 1 heterocycles. The van der Waals surface area contributed by atoms with E-state index in [9.17, 15) is 19.1 Å². The Bertz CT molecular complexity index is 1080. The summed E-state index contributed by atoms with van der Waals surface area (Å²) >= 11 is 0. The maximum Gasteiger partial charge on any atom is 0.264 e. The van der Waals surface area contributed by atoms with Gasteiger partial charge in [0.15, 0.2) is 11.4 Å². The molecule has 0 aliphatic carbocycles. The van der Waals surface area contributed by atoms with E-state index in [2.05, 4.69) is 0 Å². The molecule has 1 aliphatic rings. The molecule has 3 aromatic rings. The predicted octanol–water partition coefficient (Wildman–Crippen LogP) is 4.08. The van der Waals surface area contributed by atoms with Gasteiger partial charge in [0.2, 0.25) is 0 Å². The quantitative estimate of drug-likeness (QED) is 0.669. The largest absolute Gasteiger partial charge is 0.375 e. The lowest BCUT2D eigenvalue weighted by Gasteiger charge is -2.28. The number of benzene rings is 3. The second kappa shape index (κ2) is 7.26. The molecule has 0 aromatic heterocycles. The summed E-state index contributed by atoms with van der Waals surface area (Å²) in [5.41, 5.74) is -0.0477. The molecular weight excluding hydrogens is 369 g/mol. The van der Waals surface area contributed by atoms with Gasteiger partial charge in [0.1, 0.15) is 5.82 Å². The van der Waals surface area contributed by atoms with Crippen molar-refractivity contribution in [3.8, 4) is 0 Å². The lowest BCUT2D eigenvalue weighted by atomic mass is 9.79. The lowest BCUT2D eigenvalue weighted by molar-refractivity contribution is -0.139. The van der Waals surface area contributed by atoms with Gasteiger partial charge in [-0.15, -0.1) is 0 Å². The molecule has 4 nitrogen and oxygen atoms in total. The normalized spacial score (nSPS) is 19.1. The molecule has 29 heavy (non-hydrogen) atoms. The van der Waals surface area contributed by atoms with Gasteiger partial charge in [0.05, 0.1) is 18.2 Å². The smallest absolute Gasteiger partial charge is 0.264 e. The number of hydrogen-bond donors (Lipinski definition) is 1. The zero-order chi connectivity index (χ0) is 20.6. The molecule has 3 aromatic carbocycles. The molecule has 1 aliphatic heterocycles. The minimum atomic E-state index is -1.99. The topological polar surface area (TPSA) is 57.6 Å². The minimum absolute atomic E-state index is 0.0994. The fraction of sp³-hybridized carbons (Fsp3) is 0.167. The number of anilines is 1. The Morgan fingerprint density at radius 1 is 1.03 bits per heavy atom. The summed E-state index contributed by atoms with van der Waals surface area (Å²) in [6.45, 7) is 1.66. The number of nitrogens with zero attached hydrogens (tertiary/aromatic N) is 1.